The van der Waals surface area contributed by atoms with Crippen LogP contribution in [0.2, 0.25) is 5.02 Å². The molecule has 0 saturated carbocycles. The Balaban J connectivity index is 2.21. The fraction of sp³-hybridized carbons (Fsp3) is 0. The van der Waals surface area contributed by atoms with Crippen molar-refractivity contribution < 1.29 is 14.7 Å². The molecule has 0 atom stereocenters. The van der Waals surface area contributed by atoms with Crippen LogP contribution in [0.25, 0.3) is 0 Å². The highest BCUT2D eigenvalue weighted by atomic mass is 35.5. The number of hydrogen-bond donors (Lipinski definition) is 3. The third-order valence-electron chi connectivity index (χ3n) is 2.50. The number of amides is 1. The highest BCUT2D eigenvalue weighted by Crippen LogP contribution is 2.20. The van der Waals surface area contributed by atoms with E-state index < -0.39 is 11.9 Å². The molecule has 0 unspecified atom stereocenters. The third kappa shape index (κ3) is 3.04. The van der Waals surface area contributed by atoms with Crippen LogP contribution in [0.1, 0.15) is 20.7 Å². The minimum atomic E-state index is -1.12. The Kier molecular flexibility index (Phi) is 3.86. The van der Waals surface area contributed by atoms with Gasteiger partial charge in [0.25, 0.3) is 5.91 Å². The number of aromatic nitrogens is 1. The molecule has 1 aromatic carbocycles. The van der Waals surface area contributed by atoms with Crippen molar-refractivity contribution in [3.63, 3.8) is 0 Å². The Morgan fingerprint density at radius 3 is 2.60 bits per heavy atom. The molecule has 0 spiro atoms. The van der Waals surface area contributed by atoms with E-state index in [0.29, 0.717) is 10.6 Å². The number of nitrogens with one attached hydrogen (secondary N) is 1. The molecule has 0 aliphatic rings. The molecule has 0 fully saturated rings. The molecule has 0 saturated heterocycles. The van der Waals surface area contributed by atoms with Gasteiger partial charge < -0.3 is 16.2 Å². The Bertz CT molecular complexity index is 688. The van der Waals surface area contributed by atoms with E-state index >= 15 is 0 Å². The number of rotatable bonds is 3. The van der Waals surface area contributed by atoms with Gasteiger partial charge in [0, 0.05) is 11.8 Å². The molecule has 20 heavy (non-hydrogen) atoms. The van der Waals surface area contributed by atoms with E-state index in [4.69, 9.17) is 22.4 Å². The van der Waals surface area contributed by atoms with Gasteiger partial charge in [0.15, 0.2) is 0 Å². The smallest absolute Gasteiger partial charge is 0.337 e. The fourth-order valence-corrected chi connectivity index (χ4v) is 1.63. The second-order valence-corrected chi connectivity index (χ2v) is 4.37. The molecule has 0 aliphatic carbocycles. The van der Waals surface area contributed by atoms with E-state index in [2.05, 4.69) is 10.3 Å². The van der Waals surface area contributed by atoms with E-state index in [9.17, 15) is 9.59 Å². The molecule has 7 heteroatoms. The van der Waals surface area contributed by atoms with E-state index in [1.165, 1.54) is 36.7 Å². The van der Waals surface area contributed by atoms with E-state index in [1.54, 1.807) is 0 Å². The van der Waals surface area contributed by atoms with Gasteiger partial charge in [0.2, 0.25) is 0 Å². The lowest BCUT2D eigenvalue weighted by atomic mass is 10.2. The number of nitrogens with zero attached hydrogens (tertiary/aromatic N) is 1. The number of halogens is 1. The number of nitrogens with two attached hydrogens (primary N) is 1. The summed E-state index contributed by atoms with van der Waals surface area (Å²) in [4.78, 5) is 26.5. The van der Waals surface area contributed by atoms with Crippen LogP contribution >= 0.6 is 11.6 Å². The molecule has 2 rings (SSSR count). The van der Waals surface area contributed by atoms with Crippen molar-refractivity contribution in [1.82, 2.24) is 4.98 Å². The standard InChI is InChI=1S/C13H10ClN3O3/c14-10-2-1-7(4-11(10)15)12(18)17-9-3-8(13(19)20)5-16-6-9/h1-6H,15H2,(H,17,18)(H,19,20). The van der Waals surface area contributed by atoms with Gasteiger partial charge in [0.1, 0.15) is 0 Å². The predicted molar refractivity (Wildman–Crippen MR) is 75.0 cm³/mol. The van der Waals surface area contributed by atoms with Crippen LogP contribution in [0.15, 0.2) is 36.7 Å². The van der Waals surface area contributed by atoms with Crippen LogP contribution in [0, 0.1) is 0 Å². The molecule has 102 valence electrons. The Morgan fingerprint density at radius 2 is 1.95 bits per heavy atom. The summed E-state index contributed by atoms with van der Waals surface area (Å²) in [6.07, 6.45) is 2.54. The van der Waals surface area contributed by atoms with Crippen LogP contribution in [0.4, 0.5) is 11.4 Å². The van der Waals surface area contributed by atoms with Gasteiger partial charge in [0.05, 0.1) is 28.2 Å². The van der Waals surface area contributed by atoms with Gasteiger partial charge in [-0.3, -0.25) is 9.78 Å². The number of carbonyl (C=O) groups excluding carboxylic acids is 1. The van der Waals surface area contributed by atoms with Gasteiger partial charge in [-0.2, -0.15) is 0 Å². The van der Waals surface area contributed by atoms with Gasteiger partial charge >= 0.3 is 5.97 Å². The second kappa shape index (κ2) is 5.58. The van der Waals surface area contributed by atoms with Crippen LogP contribution in [-0.4, -0.2) is 22.0 Å². The van der Waals surface area contributed by atoms with Gasteiger partial charge in [-0.05, 0) is 24.3 Å². The maximum Gasteiger partial charge on any atom is 0.337 e. The number of benzene rings is 1. The molecule has 2 aromatic rings. The van der Waals surface area contributed by atoms with Crippen LogP contribution in [-0.2, 0) is 0 Å². The fourth-order valence-electron chi connectivity index (χ4n) is 1.51. The lowest BCUT2D eigenvalue weighted by Crippen LogP contribution is -2.13. The van der Waals surface area contributed by atoms with Crippen molar-refractivity contribution >= 4 is 34.9 Å². The summed E-state index contributed by atoms with van der Waals surface area (Å²) in [5, 5.41) is 11.7. The number of anilines is 2. The van der Waals surface area contributed by atoms with Crippen LogP contribution in [0.3, 0.4) is 0 Å². The summed E-state index contributed by atoms with van der Waals surface area (Å²) < 4.78 is 0. The minimum Gasteiger partial charge on any atom is -0.478 e. The molecule has 1 amide bonds. The first-order chi connectivity index (χ1) is 9.47. The highest BCUT2D eigenvalue weighted by Gasteiger charge is 2.10. The van der Waals surface area contributed by atoms with Crippen molar-refractivity contribution in [1.29, 1.82) is 0 Å². The molecule has 0 aliphatic heterocycles. The van der Waals surface area contributed by atoms with Crippen molar-refractivity contribution in [2.24, 2.45) is 0 Å². The molecule has 4 N–H and O–H groups in total. The third-order valence-corrected chi connectivity index (χ3v) is 2.85. The maximum absolute atomic E-state index is 12.0. The molecule has 1 aromatic heterocycles. The van der Waals surface area contributed by atoms with E-state index in [0.717, 1.165) is 0 Å². The lowest BCUT2D eigenvalue weighted by Gasteiger charge is -2.06. The average Bonchev–Trinajstić information content (AvgIpc) is 2.42. The predicted octanol–water partition coefficient (Wildman–Crippen LogP) is 2.27. The summed E-state index contributed by atoms with van der Waals surface area (Å²) in [5.74, 6) is -1.55. The number of nitrogen functional groups attached to an aromatic ring is 1. The summed E-state index contributed by atoms with van der Waals surface area (Å²) in [7, 11) is 0. The summed E-state index contributed by atoms with van der Waals surface area (Å²) in [5.41, 5.74) is 6.48. The highest BCUT2D eigenvalue weighted by molar-refractivity contribution is 6.33. The Hall–Kier alpha value is -2.60. The number of pyridine rings is 1. The van der Waals surface area contributed by atoms with Crippen molar-refractivity contribution in [3.8, 4) is 0 Å². The number of carboxylic acids is 1. The number of carboxylic acid groups (broad SMARTS) is 1. The van der Waals surface area contributed by atoms with Crippen molar-refractivity contribution in [2.75, 3.05) is 11.1 Å². The quantitative estimate of drug-likeness (QED) is 0.752. The molecule has 1 heterocycles. The molecular weight excluding hydrogens is 282 g/mol. The minimum absolute atomic E-state index is 0.0154. The Labute approximate surface area is 119 Å². The first kappa shape index (κ1) is 13.8. The Morgan fingerprint density at radius 1 is 1.20 bits per heavy atom. The monoisotopic (exact) mass is 291 g/mol. The SMILES string of the molecule is Nc1cc(C(=O)Nc2cncc(C(=O)O)c2)ccc1Cl. The van der Waals surface area contributed by atoms with E-state index in [-0.39, 0.29) is 16.9 Å². The topological polar surface area (TPSA) is 105 Å². The largest absolute Gasteiger partial charge is 0.478 e. The average molecular weight is 292 g/mol. The second-order valence-electron chi connectivity index (χ2n) is 3.96. The van der Waals surface area contributed by atoms with Gasteiger partial charge in [-0.15, -0.1) is 0 Å². The van der Waals surface area contributed by atoms with Crippen LogP contribution in [0.5, 0.6) is 0 Å². The normalized spacial score (nSPS) is 10.1. The molecule has 0 radical (unpaired) electrons. The number of hydrogen-bond acceptors (Lipinski definition) is 4. The lowest BCUT2D eigenvalue weighted by molar-refractivity contribution is 0.0696. The zero-order chi connectivity index (χ0) is 14.7. The first-order valence-electron chi connectivity index (χ1n) is 5.52. The van der Waals surface area contributed by atoms with Crippen molar-refractivity contribution in [2.45, 2.75) is 0 Å². The van der Waals surface area contributed by atoms with Crippen LogP contribution < -0.4 is 11.1 Å². The number of aromatic carboxylic acids is 1. The summed E-state index contributed by atoms with van der Waals surface area (Å²) in [6.45, 7) is 0. The van der Waals surface area contributed by atoms with Gasteiger partial charge in [-0.25, -0.2) is 4.79 Å². The summed E-state index contributed by atoms with van der Waals surface area (Å²) in [6, 6.07) is 5.78. The summed E-state index contributed by atoms with van der Waals surface area (Å²) >= 11 is 5.77. The molecular formula is C13H10ClN3O3. The molecule has 6 nitrogen and oxygen atoms in total. The zero-order valence-electron chi connectivity index (χ0n) is 10.1. The van der Waals surface area contributed by atoms with Crippen molar-refractivity contribution in [3.05, 3.63) is 52.8 Å². The number of carbonyl (C=O) groups is 2. The van der Waals surface area contributed by atoms with Gasteiger partial charge in [-0.1, -0.05) is 11.6 Å². The zero-order valence-corrected chi connectivity index (χ0v) is 10.9. The maximum atomic E-state index is 12.0. The first-order valence-corrected chi connectivity index (χ1v) is 5.90. The van der Waals surface area contributed by atoms with E-state index in [1.807, 2.05) is 0 Å². The molecule has 0 bridgehead atoms.